The van der Waals surface area contributed by atoms with Gasteiger partial charge in [-0.2, -0.15) is 0 Å². The molecule has 0 fully saturated rings. The molecule has 2 aromatic rings. The lowest BCUT2D eigenvalue weighted by molar-refractivity contribution is 0.0691. The molecule has 0 saturated heterocycles. The summed E-state index contributed by atoms with van der Waals surface area (Å²) < 4.78 is 17.3. The molecule has 110 valence electrons. The van der Waals surface area contributed by atoms with Gasteiger partial charge in [0.1, 0.15) is 5.75 Å². The number of alkyl halides is 1. The number of hydrogen-bond donors (Lipinski definition) is 2. The number of pyridine rings is 1. The summed E-state index contributed by atoms with van der Waals surface area (Å²) in [6.45, 7) is -1.07. The minimum Gasteiger partial charge on any atom is -0.476 e. The Labute approximate surface area is 129 Å². The predicted octanol–water partition coefficient (Wildman–Crippen LogP) is 3.64. The van der Waals surface area contributed by atoms with Crippen LogP contribution in [0.1, 0.15) is 10.5 Å². The van der Waals surface area contributed by atoms with E-state index >= 15 is 0 Å². The number of nitrogens with zero attached hydrogens (tertiary/aromatic N) is 1. The summed E-state index contributed by atoms with van der Waals surface area (Å²) >= 11 is 11.6. The van der Waals surface area contributed by atoms with Crippen LogP contribution in [0.4, 0.5) is 10.1 Å². The van der Waals surface area contributed by atoms with Crippen LogP contribution in [0.25, 0.3) is 11.3 Å². The molecular formula is C13H9Cl2FN2O3. The molecule has 0 unspecified atom stereocenters. The standard InChI is InChI=1S/C13H9Cl2FN2O3/c14-6-1-2-7(10(3-6)21-5-16)9-4-8(17)11(15)12(18-9)13(19)20/h1-4H,5H2,(H2,17,18)(H,19,20). The number of benzene rings is 1. The highest BCUT2D eigenvalue weighted by molar-refractivity contribution is 6.35. The summed E-state index contributed by atoms with van der Waals surface area (Å²) in [6, 6.07) is 5.83. The van der Waals surface area contributed by atoms with Gasteiger partial charge in [-0.3, -0.25) is 0 Å². The summed E-state index contributed by atoms with van der Waals surface area (Å²) in [4.78, 5) is 15.0. The van der Waals surface area contributed by atoms with E-state index in [1.54, 1.807) is 0 Å². The van der Waals surface area contributed by atoms with E-state index in [0.717, 1.165) is 0 Å². The average molecular weight is 331 g/mol. The topological polar surface area (TPSA) is 85.4 Å². The zero-order valence-corrected chi connectivity index (χ0v) is 12.0. The molecule has 1 aromatic heterocycles. The molecule has 0 aliphatic heterocycles. The summed E-state index contributed by atoms with van der Waals surface area (Å²) in [5.74, 6) is -1.20. The molecule has 2 rings (SSSR count). The Balaban J connectivity index is 2.64. The first-order valence-electron chi connectivity index (χ1n) is 5.62. The lowest BCUT2D eigenvalue weighted by Gasteiger charge is -2.11. The Bertz CT molecular complexity index is 710. The number of aromatic carboxylic acids is 1. The number of carboxylic acids is 1. The fourth-order valence-corrected chi connectivity index (χ4v) is 2.05. The highest BCUT2D eigenvalue weighted by Gasteiger charge is 2.18. The molecule has 0 atom stereocenters. The normalized spacial score (nSPS) is 10.4. The van der Waals surface area contributed by atoms with E-state index in [0.29, 0.717) is 10.6 Å². The predicted molar refractivity (Wildman–Crippen MR) is 77.7 cm³/mol. The molecule has 0 bridgehead atoms. The lowest BCUT2D eigenvalue weighted by atomic mass is 10.1. The quantitative estimate of drug-likeness (QED) is 0.893. The smallest absolute Gasteiger partial charge is 0.356 e. The van der Waals surface area contributed by atoms with Crippen LogP contribution < -0.4 is 10.5 Å². The first kappa shape index (κ1) is 15.3. The number of hydrogen-bond acceptors (Lipinski definition) is 4. The molecular weight excluding hydrogens is 322 g/mol. The second-order valence-corrected chi connectivity index (χ2v) is 4.77. The Kier molecular flexibility index (Phi) is 4.50. The SMILES string of the molecule is Nc1cc(-c2ccc(Cl)cc2OCF)nc(C(=O)O)c1Cl. The maximum Gasteiger partial charge on any atom is 0.356 e. The van der Waals surface area contributed by atoms with Gasteiger partial charge in [0.05, 0.1) is 16.4 Å². The average Bonchev–Trinajstić information content (AvgIpc) is 2.42. The molecule has 3 N–H and O–H groups in total. The Morgan fingerprint density at radius 1 is 1.38 bits per heavy atom. The number of nitrogens with two attached hydrogens (primary N) is 1. The van der Waals surface area contributed by atoms with E-state index in [1.165, 1.54) is 24.3 Å². The highest BCUT2D eigenvalue weighted by Crippen LogP contribution is 2.35. The zero-order valence-electron chi connectivity index (χ0n) is 10.4. The van der Waals surface area contributed by atoms with E-state index in [9.17, 15) is 9.18 Å². The van der Waals surface area contributed by atoms with Gasteiger partial charge in [0.25, 0.3) is 0 Å². The molecule has 0 saturated carbocycles. The first-order valence-corrected chi connectivity index (χ1v) is 6.37. The minimum atomic E-state index is -1.32. The number of nitrogen functional groups attached to an aromatic ring is 1. The van der Waals surface area contributed by atoms with Crippen LogP contribution in [-0.4, -0.2) is 22.9 Å². The molecule has 1 aromatic carbocycles. The minimum absolute atomic E-state index is 0.0419. The van der Waals surface area contributed by atoms with Crippen molar-refractivity contribution in [3.05, 3.63) is 40.0 Å². The highest BCUT2D eigenvalue weighted by atomic mass is 35.5. The van der Waals surface area contributed by atoms with Crippen LogP contribution in [0.2, 0.25) is 10.0 Å². The van der Waals surface area contributed by atoms with Crippen LogP contribution in [0.3, 0.4) is 0 Å². The Hall–Kier alpha value is -2.05. The van der Waals surface area contributed by atoms with Crippen molar-refractivity contribution in [2.75, 3.05) is 12.6 Å². The van der Waals surface area contributed by atoms with E-state index in [4.69, 9.17) is 38.8 Å². The number of carbonyl (C=O) groups is 1. The zero-order chi connectivity index (χ0) is 15.6. The van der Waals surface area contributed by atoms with E-state index in [1.807, 2.05) is 0 Å². The maximum atomic E-state index is 12.4. The number of halogens is 3. The number of rotatable bonds is 4. The molecule has 21 heavy (non-hydrogen) atoms. The summed E-state index contributed by atoms with van der Waals surface area (Å²) in [7, 11) is 0. The molecule has 0 aliphatic carbocycles. The maximum absolute atomic E-state index is 12.4. The van der Waals surface area contributed by atoms with Gasteiger partial charge in [0.15, 0.2) is 5.69 Å². The van der Waals surface area contributed by atoms with Crippen molar-refractivity contribution in [3.8, 4) is 17.0 Å². The van der Waals surface area contributed by atoms with Gasteiger partial charge >= 0.3 is 5.97 Å². The van der Waals surface area contributed by atoms with E-state index in [2.05, 4.69) is 4.98 Å². The fourth-order valence-electron chi connectivity index (χ4n) is 1.71. The van der Waals surface area contributed by atoms with Gasteiger partial charge in [-0.1, -0.05) is 23.2 Å². The Morgan fingerprint density at radius 2 is 2.10 bits per heavy atom. The largest absolute Gasteiger partial charge is 0.476 e. The summed E-state index contributed by atoms with van der Waals surface area (Å²) in [5.41, 5.74) is 5.86. The molecule has 1 heterocycles. The van der Waals surface area contributed by atoms with Crippen LogP contribution in [0, 0.1) is 0 Å². The third kappa shape index (κ3) is 3.17. The third-order valence-corrected chi connectivity index (χ3v) is 3.25. The second kappa shape index (κ2) is 6.15. The lowest BCUT2D eigenvalue weighted by Crippen LogP contribution is -2.05. The fraction of sp³-hybridized carbons (Fsp3) is 0.0769. The molecule has 0 amide bonds. The number of anilines is 1. The van der Waals surface area contributed by atoms with Crippen molar-refractivity contribution < 1.29 is 19.0 Å². The molecule has 0 radical (unpaired) electrons. The molecule has 5 nitrogen and oxygen atoms in total. The van der Waals surface area contributed by atoms with Crippen LogP contribution in [0.5, 0.6) is 5.75 Å². The van der Waals surface area contributed by atoms with E-state index in [-0.39, 0.29) is 22.2 Å². The third-order valence-electron chi connectivity index (χ3n) is 2.62. The first-order chi connectivity index (χ1) is 9.93. The Morgan fingerprint density at radius 3 is 2.71 bits per heavy atom. The van der Waals surface area contributed by atoms with Crippen molar-refractivity contribution >= 4 is 34.9 Å². The van der Waals surface area contributed by atoms with Crippen LogP contribution in [-0.2, 0) is 0 Å². The van der Waals surface area contributed by atoms with Gasteiger partial charge < -0.3 is 15.6 Å². The number of aromatic nitrogens is 1. The number of ether oxygens (including phenoxy) is 1. The molecule has 8 heteroatoms. The van der Waals surface area contributed by atoms with Gasteiger partial charge in [-0.05, 0) is 24.3 Å². The summed E-state index contributed by atoms with van der Waals surface area (Å²) in [6.07, 6.45) is 0. The molecule has 0 spiro atoms. The van der Waals surface area contributed by atoms with Crippen molar-refractivity contribution in [3.63, 3.8) is 0 Å². The van der Waals surface area contributed by atoms with Gasteiger partial charge in [0.2, 0.25) is 6.86 Å². The van der Waals surface area contributed by atoms with Crippen LogP contribution >= 0.6 is 23.2 Å². The van der Waals surface area contributed by atoms with Gasteiger partial charge in [-0.15, -0.1) is 0 Å². The van der Waals surface area contributed by atoms with Crippen LogP contribution in [0.15, 0.2) is 24.3 Å². The van der Waals surface area contributed by atoms with Crippen molar-refractivity contribution in [1.82, 2.24) is 4.98 Å². The second-order valence-electron chi connectivity index (χ2n) is 3.96. The van der Waals surface area contributed by atoms with Crippen molar-refractivity contribution in [2.24, 2.45) is 0 Å². The monoisotopic (exact) mass is 330 g/mol. The van der Waals surface area contributed by atoms with Crippen molar-refractivity contribution in [1.29, 1.82) is 0 Å². The van der Waals surface area contributed by atoms with Crippen molar-refractivity contribution in [2.45, 2.75) is 0 Å². The number of carboxylic acid groups (broad SMARTS) is 1. The summed E-state index contributed by atoms with van der Waals surface area (Å²) in [5, 5.41) is 9.24. The van der Waals surface area contributed by atoms with E-state index < -0.39 is 18.5 Å². The van der Waals surface area contributed by atoms with Gasteiger partial charge in [0, 0.05) is 10.6 Å². The van der Waals surface area contributed by atoms with Gasteiger partial charge in [-0.25, -0.2) is 14.2 Å². The molecule has 0 aliphatic rings.